The topological polar surface area (TPSA) is 59.4 Å². The molecule has 0 amide bonds. The number of nitrogens with one attached hydrogen (secondary N) is 1. The zero-order chi connectivity index (χ0) is 14.9. The third-order valence-corrected chi connectivity index (χ3v) is 3.62. The Balaban J connectivity index is 1.71. The van der Waals surface area contributed by atoms with Crippen molar-refractivity contribution in [2.45, 2.75) is 6.54 Å². The molecular weight excluding hydrogens is 281 g/mol. The van der Waals surface area contributed by atoms with Gasteiger partial charge in [0.1, 0.15) is 5.82 Å². The summed E-state index contributed by atoms with van der Waals surface area (Å²) in [5.41, 5.74) is 2.92. The first-order chi connectivity index (χ1) is 10.8. The van der Waals surface area contributed by atoms with Crippen molar-refractivity contribution in [3.63, 3.8) is 0 Å². The highest BCUT2D eigenvalue weighted by atomic mass is 19.1. The number of aromatic nitrogens is 5. The number of halogens is 1. The van der Waals surface area contributed by atoms with E-state index in [4.69, 9.17) is 0 Å². The van der Waals surface area contributed by atoms with E-state index in [2.05, 4.69) is 25.2 Å². The Morgan fingerprint density at radius 2 is 2.05 bits per heavy atom. The van der Waals surface area contributed by atoms with Crippen molar-refractivity contribution in [2.75, 3.05) is 0 Å². The van der Waals surface area contributed by atoms with E-state index in [1.807, 2.05) is 36.5 Å². The number of hydrogen-bond donors (Lipinski definition) is 1. The number of nitrogens with zero attached hydrogens (tertiary/aromatic N) is 4. The van der Waals surface area contributed by atoms with Crippen molar-refractivity contribution in [1.29, 1.82) is 0 Å². The van der Waals surface area contributed by atoms with Gasteiger partial charge in [0.25, 0.3) is 0 Å². The summed E-state index contributed by atoms with van der Waals surface area (Å²) < 4.78 is 15.4. The fourth-order valence-electron chi connectivity index (χ4n) is 2.59. The first kappa shape index (κ1) is 12.7. The van der Waals surface area contributed by atoms with Gasteiger partial charge < -0.3 is 4.57 Å². The quantitative estimate of drug-likeness (QED) is 0.631. The van der Waals surface area contributed by atoms with Gasteiger partial charge in [0.2, 0.25) is 5.82 Å². The van der Waals surface area contributed by atoms with Crippen molar-refractivity contribution in [3.05, 3.63) is 66.1 Å². The highest BCUT2D eigenvalue weighted by molar-refractivity contribution is 5.84. The van der Waals surface area contributed by atoms with Gasteiger partial charge in [0.05, 0.1) is 0 Å². The van der Waals surface area contributed by atoms with Gasteiger partial charge in [-0.3, -0.25) is 0 Å². The lowest BCUT2D eigenvalue weighted by molar-refractivity contribution is 0.624. The normalized spacial score (nSPS) is 11.1. The molecule has 4 aromatic rings. The van der Waals surface area contributed by atoms with Crippen LogP contribution in [0.3, 0.4) is 0 Å². The van der Waals surface area contributed by atoms with Crippen molar-refractivity contribution in [1.82, 2.24) is 25.2 Å². The van der Waals surface area contributed by atoms with Gasteiger partial charge >= 0.3 is 0 Å². The molecule has 2 heterocycles. The van der Waals surface area contributed by atoms with Crippen LogP contribution < -0.4 is 0 Å². The average Bonchev–Trinajstić information content (AvgIpc) is 3.17. The number of benzene rings is 2. The van der Waals surface area contributed by atoms with Crippen LogP contribution in [0.25, 0.3) is 22.3 Å². The number of tetrazole rings is 1. The molecule has 0 unspecified atom stereocenters. The van der Waals surface area contributed by atoms with Crippen LogP contribution in [-0.2, 0) is 6.54 Å². The Hall–Kier alpha value is -3.02. The molecule has 6 heteroatoms. The Kier molecular flexibility index (Phi) is 2.93. The molecular formula is C16H12FN5. The van der Waals surface area contributed by atoms with E-state index in [1.54, 1.807) is 12.1 Å². The zero-order valence-electron chi connectivity index (χ0n) is 11.6. The zero-order valence-corrected chi connectivity index (χ0v) is 11.6. The maximum atomic E-state index is 13.3. The predicted molar refractivity (Wildman–Crippen MR) is 80.6 cm³/mol. The summed E-state index contributed by atoms with van der Waals surface area (Å²) in [6, 6.07) is 14.7. The summed E-state index contributed by atoms with van der Waals surface area (Å²) in [6.45, 7) is 0.628. The smallest absolute Gasteiger partial charge is 0.204 e. The molecule has 0 aliphatic carbocycles. The minimum absolute atomic E-state index is 0.214. The van der Waals surface area contributed by atoms with Crippen LogP contribution in [0, 0.1) is 5.82 Å². The van der Waals surface area contributed by atoms with Gasteiger partial charge in [-0.05, 0) is 47.2 Å². The summed E-state index contributed by atoms with van der Waals surface area (Å²) in [5.74, 6) is 0.355. The molecule has 2 aromatic heterocycles. The second-order valence-corrected chi connectivity index (χ2v) is 5.08. The molecule has 0 aliphatic heterocycles. The largest absolute Gasteiger partial charge is 0.343 e. The van der Waals surface area contributed by atoms with E-state index in [0.29, 0.717) is 12.4 Å². The van der Waals surface area contributed by atoms with Gasteiger partial charge in [-0.25, -0.2) is 4.39 Å². The molecule has 22 heavy (non-hydrogen) atoms. The van der Waals surface area contributed by atoms with Crippen molar-refractivity contribution >= 4 is 10.9 Å². The van der Waals surface area contributed by atoms with Crippen LogP contribution in [0.1, 0.15) is 5.56 Å². The lowest BCUT2D eigenvalue weighted by atomic mass is 10.1. The molecule has 2 aromatic carbocycles. The van der Waals surface area contributed by atoms with Gasteiger partial charge in [0.15, 0.2) is 0 Å². The predicted octanol–water partition coefficient (Wildman–Crippen LogP) is 3.01. The number of rotatable bonds is 3. The number of hydrogen-bond acceptors (Lipinski definition) is 3. The fraction of sp³-hybridized carbons (Fsp3) is 0.0625. The molecule has 0 bridgehead atoms. The molecule has 0 saturated carbocycles. The molecule has 0 aliphatic rings. The van der Waals surface area contributed by atoms with Crippen molar-refractivity contribution in [2.24, 2.45) is 0 Å². The Labute approximate surface area is 125 Å². The summed E-state index contributed by atoms with van der Waals surface area (Å²) in [4.78, 5) is 0. The third kappa shape index (κ3) is 2.24. The van der Waals surface area contributed by atoms with E-state index >= 15 is 0 Å². The average molecular weight is 293 g/mol. The number of H-pyrrole nitrogens is 1. The minimum atomic E-state index is -0.214. The molecule has 1 N–H and O–H groups in total. The third-order valence-electron chi connectivity index (χ3n) is 3.62. The van der Waals surface area contributed by atoms with E-state index in [0.717, 1.165) is 22.0 Å². The molecule has 0 atom stereocenters. The maximum absolute atomic E-state index is 13.3. The standard InChI is InChI=1S/C16H12FN5/c17-14-3-1-2-11(8-14)10-22-7-6-12-9-13(4-5-15(12)22)16-18-20-21-19-16/h1-9H,10H2,(H,18,19,20,21). The monoisotopic (exact) mass is 293 g/mol. The summed E-state index contributed by atoms with van der Waals surface area (Å²) in [6.07, 6.45) is 2.00. The maximum Gasteiger partial charge on any atom is 0.204 e. The van der Waals surface area contributed by atoms with Crippen molar-refractivity contribution < 1.29 is 4.39 Å². The first-order valence-corrected chi connectivity index (χ1v) is 6.87. The molecule has 0 saturated heterocycles. The van der Waals surface area contributed by atoms with E-state index < -0.39 is 0 Å². The Bertz CT molecular complexity index is 927. The summed E-state index contributed by atoms with van der Waals surface area (Å²) in [5, 5.41) is 15.1. The molecule has 5 nitrogen and oxygen atoms in total. The Morgan fingerprint density at radius 3 is 2.86 bits per heavy atom. The highest BCUT2D eigenvalue weighted by Crippen LogP contribution is 2.23. The van der Waals surface area contributed by atoms with Gasteiger partial charge in [-0.15, -0.1) is 10.2 Å². The van der Waals surface area contributed by atoms with E-state index in [9.17, 15) is 4.39 Å². The van der Waals surface area contributed by atoms with Crippen LogP contribution in [0.4, 0.5) is 4.39 Å². The van der Waals surface area contributed by atoms with E-state index in [-0.39, 0.29) is 5.82 Å². The Morgan fingerprint density at radius 1 is 1.09 bits per heavy atom. The molecule has 0 fully saturated rings. The molecule has 4 rings (SSSR count). The lowest BCUT2D eigenvalue weighted by Crippen LogP contribution is -1.98. The number of aromatic amines is 1. The van der Waals surface area contributed by atoms with Crippen LogP contribution in [0.5, 0.6) is 0 Å². The SMILES string of the molecule is Fc1cccc(Cn2ccc3cc(-c4nn[nH]n4)ccc32)c1. The highest BCUT2D eigenvalue weighted by Gasteiger charge is 2.07. The second-order valence-electron chi connectivity index (χ2n) is 5.08. The summed E-state index contributed by atoms with van der Waals surface area (Å²) in [7, 11) is 0. The van der Waals surface area contributed by atoms with Gasteiger partial charge in [0, 0.05) is 29.2 Å². The van der Waals surface area contributed by atoms with Crippen LogP contribution in [0.15, 0.2) is 54.7 Å². The fourth-order valence-corrected chi connectivity index (χ4v) is 2.59. The summed E-state index contributed by atoms with van der Waals surface area (Å²) >= 11 is 0. The molecule has 0 spiro atoms. The second kappa shape index (κ2) is 5.07. The number of fused-ring (bicyclic) bond motifs is 1. The minimum Gasteiger partial charge on any atom is -0.343 e. The lowest BCUT2D eigenvalue weighted by Gasteiger charge is -2.06. The molecule has 108 valence electrons. The van der Waals surface area contributed by atoms with Crippen molar-refractivity contribution in [3.8, 4) is 11.4 Å². The molecule has 0 radical (unpaired) electrons. The van der Waals surface area contributed by atoms with Crippen LogP contribution >= 0.6 is 0 Å². The van der Waals surface area contributed by atoms with Crippen LogP contribution in [0.2, 0.25) is 0 Å². The van der Waals surface area contributed by atoms with E-state index in [1.165, 1.54) is 6.07 Å². The van der Waals surface area contributed by atoms with Gasteiger partial charge in [-0.1, -0.05) is 12.1 Å². The first-order valence-electron chi connectivity index (χ1n) is 6.87. The van der Waals surface area contributed by atoms with Crippen LogP contribution in [-0.4, -0.2) is 25.2 Å². The van der Waals surface area contributed by atoms with Gasteiger partial charge in [-0.2, -0.15) is 5.21 Å².